The number of carbonyl (C=O) groups excluding carboxylic acids is 1. The molecular formula is C32H33Cl2N7O2S. The molecule has 1 atom stereocenters. The zero-order valence-electron chi connectivity index (χ0n) is 24.1. The number of thiazole rings is 1. The number of carbonyl (C=O) groups is 1. The molecule has 0 aliphatic carbocycles. The van der Waals surface area contributed by atoms with Crippen molar-refractivity contribution in [3.05, 3.63) is 81.4 Å². The zero-order chi connectivity index (χ0) is 30.2. The van der Waals surface area contributed by atoms with Crippen molar-refractivity contribution in [3.8, 4) is 11.1 Å². The number of amides is 1. The van der Waals surface area contributed by atoms with E-state index in [1.165, 1.54) is 16.9 Å². The van der Waals surface area contributed by atoms with Gasteiger partial charge in [-0.1, -0.05) is 47.5 Å². The maximum absolute atomic E-state index is 13.7. The van der Waals surface area contributed by atoms with Crippen molar-refractivity contribution >= 4 is 56.5 Å². The van der Waals surface area contributed by atoms with Gasteiger partial charge in [0.25, 0.3) is 5.91 Å². The van der Waals surface area contributed by atoms with Crippen molar-refractivity contribution in [1.82, 2.24) is 29.2 Å². The standard InChI is InChI=1S/C32H33Cl2N7O2S/c33-25-16-23(22-5-3-21(4-6-22)17-39-12-7-20(8-13-39)9-14-42)27(34)28-24(25)18-41(38-28)30(31(43)37-32-35-10-15-44-32)29-26-2-1-11-40(26)19-36-29/h3-6,10,15-16,18-20,30,42H,1-2,7-9,11-14,17H2,(H,35,37,43). The van der Waals surface area contributed by atoms with Crippen LogP contribution >= 0.6 is 34.5 Å². The Kier molecular flexibility index (Phi) is 8.43. The average molecular weight is 651 g/mol. The summed E-state index contributed by atoms with van der Waals surface area (Å²) < 4.78 is 3.73. The second-order valence-corrected chi connectivity index (χ2v) is 13.3. The molecule has 1 saturated heterocycles. The molecule has 0 saturated carbocycles. The minimum atomic E-state index is -0.816. The minimum Gasteiger partial charge on any atom is -0.396 e. The van der Waals surface area contributed by atoms with Gasteiger partial charge in [-0.3, -0.25) is 19.7 Å². The van der Waals surface area contributed by atoms with Gasteiger partial charge in [0.05, 0.1) is 22.1 Å². The van der Waals surface area contributed by atoms with Crippen molar-refractivity contribution in [2.24, 2.45) is 5.92 Å². The molecule has 3 aromatic heterocycles. The van der Waals surface area contributed by atoms with Gasteiger partial charge in [0, 0.05) is 54.1 Å². The molecule has 1 amide bonds. The summed E-state index contributed by atoms with van der Waals surface area (Å²) in [4.78, 5) is 25.1. The molecule has 2 aromatic carbocycles. The molecular weight excluding hydrogens is 617 g/mol. The Hall–Kier alpha value is -3.28. The number of fused-ring (bicyclic) bond motifs is 2. The van der Waals surface area contributed by atoms with Crippen LogP contribution in [0.2, 0.25) is 10.0 Å². The molecule has 5 aromatic rings. The lowest BCUT2D eigenvalue weighted by atomic mass is 9.93. The largest absolute Gasteiger partial charge is 0.396 e. The Balaban J connectivity index is 1.18. The van der Waals surface area contributed by atoms with Crippen LogP contribution in [0, 0.1) is 5.92 Å². The van der Waals surface area contributed by atoms with E-state index in [0.717, 1.165) is 75.1 Å². The lowest BCUT2D eigenvalue weighted by Crippen LogP contribution is -2.33. The van der Waals surface area contributed by atoms with Crippen LogP contribution in [0.3, 0.4) is 0 Å². The molecule has 9 nitrogen and oxygen atoms in total. The highest BCUT2D eigenvalue weighted by atomic mass is 35.5. The topological polar surface area (TPSA) is 101 Å². The van der Waals surface area contributed by atoms with Crippen LogP contribution in [0.1, 0.15) is 48.7 Å². The van der Waals surface area contributed by atoms with Gasteiger partial charge in [-0.2, -0.15) is 5.10 Å². The van der Waals surface area contributed by atoms with Crippen molar-refractivity contribution in [1.29, 1.82) is 0 Å². The Labute approximate surface area is 269 Å². The quantitative estimate of drug-likeness (QED) is 0.191. The molecule has 1 unspecified atom stereocenters. The monoisotopic (exact) mass is 649 g/mol. The number of nitrogens with one attached hydrogen (secondary N) is 1. The van der Waals surface area contributed by atoms with Crippen molar-refractivity contribution in [2.75, 3.05) is 25.0 Å². The lowest BCUT2D eigenvalue weighted by molar-refractivity contribution is -0.118. The van der Waals surface area contributed by atoms with Crippen LogP contribution in [-0.2, 0) is 24.3 Å². The smallest absolute Gasteiger partial charge is 0.257 e. The molecule has 5 heterocycles. The highest BCUT2D eigenvalue weighted by Gasteiger charge is 2.32. The van der Waals surface area contributed by atoms with Gasteiger partial charge in [0.15, 0.2) is 11.2 Å². The first-order valence-corrected chi connectivity index (χ1v) is 16.7. The number of hydrogen-bond acceptors (Lipinski definition) is 7. The Morgan fingerprint density at radius 2 is 1.95 bits per heavy atom. The Morgan fingerprint density at radius 1 is 1.14 bits per heavy atom. The number of aliphatic hydroxyl groups excluding tert-OH is 1. The van der Waals surface area contributed by atoms with E-state index in [0.29, 0.717) is 37.7 Å². The number of aromatic nitrogens is 5. The fourth-order valence-electron chi connectivity index (χ4n) is 6.49. The number of imidazole rings is 1. The van der Waals surface area contributed by atoms with E-state index in [1.54, 1.807) is 23.4 Å². The predicted molar refractivity (Wildman–Crippen MR) is 174 cm³/mol. The first kappa shape index (κ1) is 29.4. The van der Waals surface area contributed by atoms with Crippen molar-refractivity contribution < 1.29 is 9.90 Å². The van der Waals surface area contributed by atoms with E-state index < -0.39 is 6.04 Å². The maximum atomic E-state index is 13.7. The SMILES string of the molecule is O=C(Nc1nccs1)C(c1ncn2c1CCC2)n1cc2c(Cl)cc(-c3ccc(CN4CCC(CCO)CC4)cc3)c(Cl)c2n1. The van der Waals surface area contributed by atoms with Crippen LogP contribution in [0.15, 0.2) is 54.4 Å². The summed E-state index contributed by atoms with van der Waals surface area (Å²) in [6.07, 6.45) is 10.3. The summed E-state index contributed by atoms with van der Waals surface area (Å²) >= 11 is 15.2. The third-order valence-electron chi connectivity index (χ3n) is 8.85. The zero-order valence-corrected chi connectivity index (χ0v) is 26.5. The Bertz CT molecular complexity index is 1780. The summed E-state index contributed by atoms with van der Waals surface area (Å²) in [6.45, 7) is 4.16. The lowest BCUT2D eigenvalue weighted by Gasteiger charge is -2.31. The normalized spacial score (nSPS) is 16.4. The number of piperidine rings is 1. The number of nitrogens with zero attached hydrogens (tertiary/aromatic N) is 6. The van der Waals surface area contributed by atoms with Gasteiger partial charge < -0.3 is 9.67 Å². The minimum absolute atomic E-state index is 0.276. The number of aryl methyl sites for hydroxylation is 1. The van der Waals surface area contributed by atoms with Crippen molar-refractivity contribution in [2.45, 2.75) is 51.2 Å². The van der Waals surface area contributed by atoms with E-state index in [9.17, 15) is 9.90 Å². The van der Waals surface area contributed by atoms with Gasteiger partial charge >= 0.3 is 0 Å². The molecule has 44 heavy (non-hydrogen) atoms. The van der Waals surface area contributed by atoms with Crippen LogP contribution in [0.25, 0.3) is 22.0 Å². The number of likely N-dealkylation sites (tertiary alicyclic amines) is 1. The maximum Gasteiger partial charge on any atom is 0.257 e. The first-order chi connectivity index (χ1) is 21.5. The van der Waals surface area contributed by atoms with E-state index in [-0.39, 0.29) is 12.5 Å². The highest BCUT2D eigenvalue weighted by molar-refractivity contribution is 7.13. The fraction of sp³-hybridized carbons (Fsp3) is 0.375. The fourth-order valence-corrected chi connectivity index (χ4v) is 7.57. The third kappa shape index (κ3) is 5.77. The summed E-state index contributed by atoms with van der Waals surface area (Å²) in [5.74, 6) is 0.356. The van der Waals surface area contributed by atoms with E-state index in [2.05, 4.69) is 49.0 Å². The summed E-state index contributed by atoms with van der Waals surface area (Å²) in [6, 6.07) is 9.49. The van der Waals surface area contributed by atoms with Crippen LogP contribution in [0.4, 0.5) is 5.13 Å². The number of anilines is 1. The summed E-state index contributed by atoms with van der Waals surface area (Å²) in [7, 11) is 0. The van der Waals surface area contributed by atoms with Gasteiger partial charge in [0.2, 0.25) is 0 Å². The molecule has 0 bridgehead atoms. The van der Waals surface area contributed by atoms with Crippen LogP contribution < -0.4 is 5.32 Å². The second kappa shape index (κ2) is 12.6. The molecule has 12 heteroatoms. The third-order valence-corrected chi connectivity index (χ3v) is 10.2. The number of benzene rings is 2. The predicted octanol–water partition coefficient (Wildman–Crippen LogP) is 6.43. The van der Waals surface area contributed by atoms with Crippen molar-refractivity contribution in [3.63, 3.8) is 0 Å². The van der Waals surface area contributed by atoms with Crippen LogP contribution in [-0.4, -0.2) is 59.9 Å². The molecule has 2 aliphatic rings. The molecule has 0 spiro atoms. The van der Waals surface area contributed by atoms with Gasteiger partial charge in [-0.05, 0) is 68.3 Å². The van der Waals surface area contributed by atoms with E-state index in [4.69, 9.17) is 28.3 Å². The first-order valence-electron chi connectivity index (χ1n) is 15.0. The van der Waals surface area contributed by atoms with Gasteiger partial charge in [0.1, 0.15) is 5.52 Å². The molecule has 1 fully saturated rings. The van der Waals surface area contributed by atoms with Gasteiger partial charge in [-0.15, -0.1) is 11.3 Å². The number of hydrogen-bond donors (Lipinski definition) is 2. The van der Waals surface area contributed by atoms with Gasteiger partial charge in [-0.25, -0.2) is 9.97 Å². The molecule has 228 valence electrons. The highest BCUT2D eigenvalue weighted by Crippen LogP contribution is 2.39. The average Bonchev–Trinajstić information content (AvgIpc) is 3.84. The molecule has 7 rings (SSSR count). The Morgan fingerprint density at radius 3 is 2.70 bits per heavy atom. The van der Waals surface area contributed by atoms with E-state index in [1.807, 2.05) is 11.4 Å². The number of aliphatic hydroxyl groups is 1. The van der Waals surface area contributed by atoms with Crippen LogP contribution in [0.5, 0.6) is 0 Å². The summed E-state index contributed by atoms with van der Waals surface area (Å²) in [5.41, 5.74) is 5.22. The second-order valence-electron chi connectivity index (χ2n) is 11.6. The van der Waals surface area contributed by atoms with E-state index >= 15 is 0 Å². The molecule has 2 N–H and O–H groups in total. The summed E-state index contributed by atoms with van der Waals surface area (Å²) in [5, 5.41) is 21.0. The number of rotatable bonds is 9. The molecule has 0 radical (unpaired) electrons. The number of halogens is 2. The molecule has 2 aliphatic heterocycles.